The van der Waals surface area contributed by atoms with Gasteiger partial charge in [-0.1, -0.05) is 11.6 Å². The summed E-state index contributed by atoms with van der Waals surface area (Å²) in [5, 5.41) is 10.5. The van der Waals surface area contributed by atoms with E-state index >= 15 is 0 Å². The molecule has 0 aromatic heterocycles. The first kappa shape index (κ1) is 8.36. The maximum atomic E-state index is 10.2. The van der Waals surface area contributed by atoms with E-state index in [1.807, 2.05) is 0 Å². The Morgan fingerprint density at radius 1 is 1.73 bits per heavy atom. The van der Waals surface area contributed by atoms with E-state index in [1.165, 1.54) is 12.3 Å². The van der Waals surface area contributed by atoms with Crippen molar-refractivity contribution in [3.05, 3.63) is 33.1 Å². The highest BCUT2D eigenvalue weighted by Gasteiger charge is 2.18. The Morgan fingerprint density at radius 3 is 2.82 bits per heavy atom. The van der Waals surface area contributed by atoms with Gasteiger partial charge in [0.1, 0.15) is 6.54 Å². The molecule has 0 aliphatic carbocycles. The monoisotopic (exact) mass is 194 g/mol. The van der Waals surface area contributed by atoms with Crippen LogP contribution in [0.5, 0.6) is 0 Å². The van der Waals surface area contributed by atoms with Gasteiger partial charge >= 0.3 is 0 Å². The summed E-state index contributed by atoms with van der Waals surface area (Å²) in [6, 6.07) is 0. The number of allylic oxidation sites excluding steroid dienone is 2. The van der Waals surface area contributed by atoms with Crippen molar-refractivity contribution in [2.24, 2.45) is 0 Å². The molecule has 1 aliphatic rings. The molecular weight excluding hydrogens is 191 g/mol. The van der Waals surface area contributed by atoms with E-state index in [9.17, 15) is 10.1 Å². The number of rotatable bonds is 1. The fourth-order valence-corrected chi connectivity index (χ4v) is 1.21. The van der Waals surface area contributed by atoms with E-state index in [2.05, 4.69) is 0 Å². The van der Waals surface area contributed by atoms with Crippen LogP contribution in [0.3, 0.4) is 0 Å². The Morgan fingerprint density at radius 2 is 2.36 bits per heavy atom. The maximum Gasteiger partial charge on any atom is 0.268 e. The van der Waals surface area contributed by atoms with Gasteiger partial charge in [-0.15, -0.1) is 0 Å². The number of hydrogen-bond donors (Lipinski definition) is 0. The standard InChI is InChI=1S/C5H4Cl2N2O2/c6-4-1-5(9(10)11)3-8(7)2-4/h1-2H,3H2. The molecule has 0 radical (unpaired) electrons. The smallest absolute Gasteiger partial charge is 0.268 e. The van der Waals surface area contributed by atoms with Crippen LogP contribution >= 0.6 is 23.4 Å². The molecule has 0 aromatic carbocycles. The van der Waals surface area contributed by atoms with Crippen molar-refractivity contribution in [3.8, 4) is 0 Å². The van der Waals surface area contributed by atoms with Crippen LogP contribution in [0, 0.1) is 10.1 Å². The minimum atomic E-state index is -0.509. The molecule has 60 valence electrons. The summed E-state index contributed by atoms with van der Waals surface area (Å²) in [5.74, 6) is 0. The van der Waals surface area contributed by atoms with Crippen LogP contribution in [0.2, 0.25) is 0 Å². The van der Waals surface area contributed by atoms with E-state index in [4.69, 9.17) is 23.4 Å². The lowest BCUT2D eigenvalue weighted by Crippen LogP contribution is -2.17. The zero-order valence-electron chi connectivity index (χ0n) is 5.33. The molecule has 0 spiro atoms. The maximum absolute atomic E-state index is 10.2. The minimum absolute atomic E-state index is 0.00694. The van der Waals surface area contributed by atoms with Gasteiger partial charge in [0.15, 0.2) is 0 Å². The Bertz CT molecular complexity index is 249. The SMILES string of the molecule is O=[N+]([O-])C1=CC(Cl)=CN(Cl)C1. The number of nitrogens with zero attached hydrogens (tertiary/aromatic N) is 2. The van der Waals surface area contributed by atoms with Gasteiger partial charge in [0.05, 0.1) is 9.96 Å². The minimum Gasteiger partial charge on any atom is -0.280 e. The Hall–Kier alpha value is -0.740. The second-order valence-corrected chi connectivity index (χ2v) is 2.84. The van der Waals surface area contributed by atoms with Gasteiger partial charge in [-0.2, -0.15) is 0 Å². The van der Waals surface area contributed by atoms with Crippen LogP contribution in [0.25, 0.3) is 0 Å². The van der Waals surface area contributed by atoms with Crippen LogP contribution in [-0.2, 0) is 0 Å². The van der Waals surface area contributed by atoms with Crippen molar-refractivity contribution in [3.63, 3.8) is 0 Å². The van der Waals surface area contributed by atoms with E-state index in [0.717, 1.165) is 4.42 Å². The van der Waals surface area contributed by atoms with Gasteiger partial charge in [-0.3, -0.25) is 14.5 Å². The Labute approximate surface area is 72.9 Å². The molecule has 1 rings (SSSR count). The van der Waals surface area contributed by atoms with E-state index in [-0.39, 0.29) is 17.3 Å². The molecule has 0 aromatic rings. The average Bonchev–Trinajstić information content (AvgIpc) is 1.85. The third-order valence-electron chi connectivity index (χ3n) is 1.12. The van der Waals surface area contributed by atoms with Crippen LogP contribution in [0.15, 0.2) is 23.0 Å². The Kier molecular flexibility index (Phi) is 2.36. The molecule has 0 saturated heterocycles. The highest BCUT2D eigenvalue weighted by atomic mass is 35.5. The normalized spacial score (nSPS) is 17.5. The fraction of sp³-hybridized carbons (Fsp3) is 0.200. The molecular formula is C5H4Cl2N2O2. The highest BCUT2D eigenvalue weighted by Crippen LogP contribution is 2.17. The second kappa shape index (κ2) is 3.11. The lowest BCUT2D eigenvalue weighted by Gasteiger charge is -2.12. The molecule has 0 bridgehead atoms. The molecule has 4 nitrogen and oxygen atoms in total. The first-order valence-corrected chi connectivity index (χ1v) is 3.46. The second-order valence-electron chi connectivity index (χ2n) is 1.96. The highest BCUT2D eigenvalue weighted by molar-refractivity contribution is 6.31. The van der Waals surface area contributed by atoms with Crippen LogP contribution in [0.4, 0.5) is 0 Å². The van der Waals surface area contributed by atoms with Crippen molar-refractivity contribution in [1.29, 1.82) is 0 Å². The summed E-state index contributed by atoms with van der Waals surface area (Å²) in [6.45, 7) is 0.0742. The van der Waals surface area contributed by atoms with E-state index in [1.54, 1.807) is 0 Å². The lowest BCUT2D eigenvalue weighted by molar-refractivity contribution is -0.427. The first-order chi connectivity index (χ1) is 5.09. The van der Waals surface area contributed by atoms with Gasteiger partial charge in [-0.05, 0) is 0 Å². The van der Waals surface area contributed by atoms with Crippen LogP contribution < -0.4 is 0 Å². The summed E-state index contributed by atoms with van der Waals surface area (Å²) in [7, 11) is 0. The van der Waals surface area contributed by atoms with E-state index < -0.39 is 4.92 Å². The molecule has 1 aliphatic heterocycles. The Balaban J connectivity index is 2.84. The van der Waals surface area contributed by atoms with Crippen molar-refractivity contribution >= 4 is 23.4 Å². The molecule has 0 atom stereocenters. The molecule has 1 heterocycles. The summed E-state index contributed by atoms with van der Waals surface area (Å²) >= 11 is 11.0. The number of nitro groups is 1. The number of halogens is 2. The zero-order valence-corrected chi connectivity index (χ0v) is 6.84. The van der Waals surface area contributed by atoms with Crippen LogP contribution in [-0.4, -0.2) is 15.9 Å². The van der Waals surface area contributed by atoms with E-state index in [0.29, 0.717) is 0 Å². The van der Waals surface area contributed by atoms with Crippen LogP contribution in [0.1, 0.15) is 0 Å². The van der Waals surface area contributed by atoms with Gasteiger partial charge in [0, 0.05) is 24.1 Å². The van der Waals surface area contributed by atoms with Crippen molar-refractivity contribution in [2.45, 2.75) is 0 Å². The number of hydrogen-bond acceptors (Lipinski definition) is 3. The predicted octanol–water partition coefficient (Wildman–Crippen LogP) is 1.70. The zero-order chi connectivity index (χ0) is 8.43. The largest absolute Gasteiger partial charge is 0.280 e. The van der Waals surface area contributed by atoms with Crippen molar-refractivity contribution < 1.29 is 4.92 Å². The van der Waals surface area contributed by atoms with Gasteiger partial charge in [0.25, 0.3) is 5.70 Å². The third-order valence-corrected chi connectivity index (χ3v) is 1.54. The lowest BCUT2D eigenvalue weighted by atomic mass is 10.3. The fourth-order valence-electron chi connectivity index (χ4n) is 0.687. The third kappa shape index (κ3) is 2.10. The molecule has 0 saturated carbocycles. The quantitative estimate of drug-likeness (QED) is 0.363. The van der Waals surface area contributed by atoms with Crippen molar-refractivity contribution in [2.75, 3.05) is 6.54 Å². The first-order valence-electron chi connectivity index (χ1n) is 2.74. The van der Waals surface area contributed by atoms with Gasteiger partial charge in [0.2, 0.25) is 0 Å². The summed E-state index contributed by atoms with van der Waals surface area (Å²) in [6.07, 6.45) is 2.69. The predicted molar refractivity (Wildman–Crippen MR) is 41.6 cm³/mol. The topological polar surface area (TPSA) is 46.4 Å². The van der Waals surface area contributed by atoms with Gasteiger partial charge < -0.3 is 0 Å². The molecule has 0 amide bonds. The van der Waals surface area contributed by atoms with Crippen molar-refractivity contribution in [1.82, 2.24) is 4.42 Å². The average molecular weight is 195 g/mol. The summed E-state index contributed by atoms with van der Waals surface area (Å²) in [4.78, 5) is 9.70. The molecule has 0 N–H and O–H groups in total. The van der Waals surface area contributed by atoms with Gasteiger partial charge in [-0.25, -0.2) is 0 Å². The molecule has 0 fully saturated rings. The summed E-state index contributed by atoms with van der Waals surface area (Å²) < 4.78 is 1.14. The molecule has 0 unspecified atom stereocenters. The molecule has 6 heteroatoms. The summed E-state index contributed by atoms with van der Waals surface area (Å²) in [5.41, 5.74) is -0.00694. The molecule has 11 heavy (non-hydrogen) atoms.